The molecule has 0 aromatic rings. The van der Waals surface area contributed by atoms with Crippen molar-refractivity contribution in [2.75, 3.05) is 32.0 Å². The van der Waals surface area contributed by atoms with E-state index in [0.717, 1.165) is 13.1 Å². The zero-order chi connectivity index (χ0) is 10.6. The Hall–Kier alpha value is -0.0900. The van der Waals surface area contributed by atoms with Gasteiger partial charge in [0.25, 0.3) is 0 Å². The number of likely N-dealkylation sites (tertiary alicyclic amines) is 1. The summed E-state index contributed by atoms with van der Waals surface area (Å²) in [5.74, 6) is 0.174. The molecular formula is C10H19BrN2O. The van der Waals surface area contributed by atoms with Crippen LogP contribution in [0, 0.1) is 0 Å². The van der Waals surface area contributed by atoms with Crippen molar-refractivity contribution in [3.63, 3.8) is 0 Å². The van der Waals surface area contributed by atoms with E-state index in [1.807, 2.05) is 11.9 Å². The van der Waals surface area contributed by atoms with E-state index < -0.39 is 0 Å². The summed E-state index contributed by atoms with van der Waals surface area (Å²) in [6, 6.07) is 0.577. The Morgan fingerprint density at radius 1 is 1.64 bits per heavy atom. The fourth-order valence-corrected chi connectivity index (χ4v) is 2.47. The number of nitrogens with zero attached hydrogens (tertiary/aromatic N) is 2. The fourth-order valence-electron chi connectivity index (χ4n) is 2.04. The van der Waals surface area contributed by atoms with Crippen LogP contribution in [-0.4, -0.2) is 53.8 Å². The zero-order valence-electron chi connectivity index (χ0n) is 9.00. The average molecular weight is 263 g/mol. The number of rotatable bonds is 4. The van der Waals surface area contributed by atoms with E-state index >= 15 is 0 Å². The number of carbonyl (C=O) groups is 1. The fraction of sp³-hybridized carbons (Fsp3) is 0.900. The molecule has 1 heterocycles. The summed E-state index contributed by atoms with van der Waals surface area (Å²) in [6.07, 6.45) is 2.50. The van der Waals surface area contributed by atoms with Gasteiger partial charge in [-0.1, -0.05) is 22.9 Å². The number of amides is 1. The minimum absolute atomic E-state index is 0.174. The first-order chi connectivity index (χ1) is 6.69. The summed E-state index contributed by atoms with van der Waals surface area (Å²) in [5, 5.41) is 0.433. The maximum absolute atomic E-state index is 11.4. The smallest absolute Gasteiger partial charge is 0.233 e. The Morgan fingerprint density at radius 2 is 2.36 bits per heavy atom. The van der Waals surface area contributed by atoms with Crippen molar-refractivity contribution in [1.29, 1.82) is 0 Å². The monoisotopic (exact) mass is 262 g/mol. The van der Waals surface area contributed by atoms with Gasteiger partial charge in [-0.2, -0.15) is 0 Å². The van der Waals surface area contributed by atoms with Crippen LogP contribution in [0.2, 0.25) is 0 Å². The first-order valence-corrected chi connectivity index (χ1v) is 6.35. The van der Waals surface area contributed by atoms with Gasteiger partial charge in [-0.05, 0) is 25.9 Å². The number of carbonyl (C=O) groups excluding carboxylic acids is 1. The van der Waals surface area contributed by atoms with Gasteiger partial charge < -0.3 is 4.90 Å². The maximum Gasteiger partial charge on any atom is 0.233 e. The molecule has 3 nitrogen and oxygen atoms in total. The molecule has 0 bridgehead atoms. The highest BCUT2D eigenvalue weighted by Crippen LogP contribution is 2.17. The first kappa shape index (κ1) is 12.0. The predicted octanol–water partition coefficient (Wildman–Crippen LogP) is 1.32. The molecule has 14 heavy (non-hydrogen) atoms. The number of hydrogen-bond donors (Lipinski definition) is 0. The summed E-state index contributed by atoms with van der Waals surface area (Å²) in [7, 11) is 1.88. The van der Waals surface area contributed by atoms with E-state index in [2.05, 4.69) is 27.8 Å². The van der Waals surface area contributed by atoms with Crippen LogP contribution < -0.4 is 0 Å². The lowest BCUT2D eigenvalue weighted by Gasteiger charge is -2.27. The van der Waals surface area contributed by atoms with E-state index in [9.17, 15) is 4.79 Å². The highest BCUT2D eigenvalue weighted by Gasteiger charge is 2.24. The molecule has 1 amide bonds. The van der Waals surface area contributed by atoms with E-state index in [-0.39, 0.29) is 5.91 Å². The van der Waals surface area contributed by atoms with Crippen molar-refractivity contribution in [1.82, 2.24) is 9.80 Å². The third-order valence-corrected chi connectivity index (χ3v) is 3.41. The highest BCUT2D eigenvalue weighted by atomic mass is 79.9. The lowest BCUT2D eigenvalue weighted by atomic mass is 10.2. The van der Waals surface area contributed by atoms with Gasteiger partial charge in [0.2, 0.25) is 5.91 Å². The normalized spacial score (nSPS) is 22.6. The van der Waals surface area contributed by atoms with E-state index in [1.165, 1.54) is 19.4 Å². The molecule has 0 spiro atoms. The molecule has 0 aliphatic carbocycles. The van der Waals surface area contributed by atoms with Crippen LogP contribution in [0.25, 0.3) is 0 Å². The van der Waals surface area contributed by atoms with Crippen molar-refractivity contribution in [2.45, 2.75) is 25.8 Å². The molecule has 1 aliphatic heterocycles. The van der Waals surface area contributed by atoms with Gasteiger partial charge in [-0.3, -0.25) is 9.69 Å². The number of halogens is 1. The largest absolute Gasteiger partial charge is 0.343 e. The van der Waals surface area contributed by atoms with Crippen LogP contribution in [0.4, 0.5) is 0 Å². The molecule has 0 aromatic heterocycles. The SMILES string of the molecule is CCN1CCCC1CN(C)C(=O)CBr. The van der Waals surface area contributed by atoms with E-state index in [0.29, 0.717) is 11.4 Å². The van der Waals surface area contributed by atoms with Crippen molar-refractivity contribution >= 4 is 21.8 Å². The summed E-state index contributed by atoms with van der Waals surface area (Å²) >= 11 is 3.19. The second-order valence-corrected chi connectivity index (χ2v) is 4.39. The second kappa shape index (κ2) is 5.71. The molecule has 1 rings (SSSR count). The van der Waals surface area contributed by atoms with Gasteiger partial charge in [0.15, 0.2) is 0 Å². The third-order valence-electron chi connectivity index (χ3n) is 2.93. The van der Waals surface area contributed by atoms with Gasteiger partial charge in [0, 0.05) is 19.6 Å². The molecule has 1 unspecified atom stereocenters. The Labute approximate surface area is 94.6 Å². The van der Waals surface area contributed by atoms with Gasteiger partial charge >= 0.3 is 0 Å². The number of likely N-dealkylation sites (N-methyl/N-ethyl adjacent to an activating group) is 2. The third kappa shape index (κ3) is 2.95. The van der Waals surface area contributed by atoms with Gasteiger partial charge in [-0.15, -0.1) is 0 Å². The highest BCUT2D eigenvalue weighted by molar-refractivity contribution is 9.09. The van der Waals surface area contributed by atoms with Crippen LogP contribution >= 0.6 is 15.9 Å². The lowest BCUT2D eigenvalue weighted by molar-refractivity contribution is -0.127. The van der Waals surface area contributed by atoms with E-state index in [4.69, 9.17) is 0 Å². The van der Waals surface area contributed by atoms with Gasteiger partial charge in [0.1, 0.15) is 0 Å². The van der Waals surface area contributed by atoms with E-state index in [1.54, 1.807) is 0 Å². The average Bonchev–Trinajstić information content (AvgIpc) is 2.63. The predicted molar refractivity (Wildman–Crippen MR) is 61.7 cm³/mol. The van der Waals surface area contributed by atoms with Crippen molar-refractivity contribution < 1.29 is 4.79 Å². The molecule has 0 saturated carbocycles. The molecule has 4 heteroatoms. The van der Waals surface area contributed by atoms with Crippen LogP contribution in [0.1, 0.15) is 19.8 Å². The topological polar surface area (TPSA) is 23.6 Å². The summed E-state index contributed by atoms with van der Waals surface area (Å²) in [5.41, 5.74) is 0. The molecule has 1 fully saturated rings. The molecule has 82 valence electrons. The lowest BCUT2D eigenvalue weighted by Crippen LogP contribution is -2.41. The summed E-state index contributed by atoms with van der Waals surface area (Å²) in [4.78, 5) is 15.6. The Morgan fingerprint density at radius 3 is 2.93 bits per heavy atom. The van der Waals surface area contributed by atoms with Gasteiger partial charge in [0.05, 0.1) is 5.33 Å². The molecule has 1 atom stereocenters. The molecule has 1 aliphatic rings. The molecule has 0 aromatic carbocycles. The van der Waals surface area contributed by atoms with Crippen LogP contribution in [-0.2, 0) is 4.79 Å². The Bertz CT molecular complexity index is 199. The van der Waals surface area contributed by atoms with Crippen LogP contribution in [0.5, 0.6) is 0 Å². The minimum Gasteiger partial charge on any atom is -0.343 e. The number of alkyl halides is 1. The molecule has 0 N–H and O–H groups in total. The Kier molecular flexibility index (Phi) is 4.89. The summed E-state index contributed by atoms with van der Waals surface area (Å²) in [6.45, 7) is 5.35. The standard InChI is InChI=1S/C10H19BrN2O/c1-3-13-6-4-5-9(13)8-12(2)10(14)7-11/h9H,3-8H2,1-2H3. The zero-order valence-corrected chi connectivity index (χ0v) is 10.6. The Balaban J connectivity index is 2.39. The quantitative estimate of drug-likeness (QED) is 0.714. The first-order valence-electron chi connectivity index (χ1n) is 5.23. The maximum atomic E-state index is 11.4. The second-order valence-electron chi connectivity index (χ2n) is 3.83. The van der Waals surface area contributed by atoms with Crippen molar-refractivity contribution in [2.24, 2.45) is 0 Å². The van der Waals surface area contributed by atoms with Crippen LogP contribution in [0.3, 0.4) is 0 Å². The number of hydrogen-bond acceptors (Lipinski definition) is 2. The minimum atomic E-state index is 0.174. The van der Waals surface area contributed by atoms with Crippen LogP contribution in [0.15, 0.2) is 0 Å². The summed E-state index contributed by atoms with van der Waals surface area (Å²) < 4.78 is 0. The van der Waals surface area contributed by atoms with Crippen molar-refractivity contribution in [3.05, 3.63) is 0 Å². The molecule has 1 saturated heterocycles. The van der Waals surface area contributed by atoms with Gasteiger partial charge in [-0.25, -0.2) is 0 Å². The molecular weight excluding hydrogens is 244 g/mol. The van der Waals surface area contributed by atoms with Crippen molar-refractivity contribution in [3.8, 4) is 0 Å². The molecule has 0 radical (unpaired) electrons.